The van der Waals surface area contributed by atoms with E-state index in [0.717, 1.165) is 0 Å². The van der Waals surface area contributed by atoms with Gasteiger partial charge in [0.2, 0.25) is 5.91 Å². The normalized spacial score (nSPS) is 23.9. The van der Waals surface area contributed by atoms with Crippen LogP contribution >= 0.6 is 11.8 Å². The Labute approximate surface area is 121 Å². The maximum absolute atomic E-state index is 12.3. The molecule has 0 bridgehead atoms. The molecule has 1 fully saturated rings. The van der Waals surface area contributed by atoms with Gasteiger partial charge in [-0.1, -0.05) is 13.8 Å². The van der Waals surface area contributed by atoms with E-state index in [9.17, 15) is 19.5 Å². The van der Waals surface area contributed by atoms with Crippen molar-refractivity contribution in [2.45, 2.75) is 44.1 Å². The number of carbonyl (C=O) groups is 3. The van der Waals surface area contributed by atoms with Gasteiger partial charge in [-0.2, -0.15) is 0 Å². The van der Waals surface area contributed by atoms with Crippen LogP contribution in [0.1, 0.15) is 26.7 Å². The first-order valence-corrected chi connectivity index (χ1v) is 7.44. The molecule has 1 aliphatic rings. The number of rotatable bonds is 6. The maximum Gasteiger partial charge on any atom is 0.327 e. The fourth-order valence-corrected chi connectivity index (χ4v) is 3.58. The van der Waals surface area contributed by atoms with Crippen molar-refractivity contribution in [2.24, 2.45) is 11.7 Å². The van der Waals surface area contributed by atoms with Crippen molar-refractivity contribution in [3.8, 4) is 0 Å². The van der Waals surface area contributed by atoms with E-state index < -0.39 is 29.9 Å². The molecule has 3 atom stereocenters. The fourth-order valence-electron chi connectivity index (χ4n) is 2.10. The summed E-state index contributed by atoms with van der Waals surface area (Å²) >= 11 is 1.42. The van der Waals surface area contributed by atoms with E-state index >= 15 is 0 Å². The lowest BCUT2D eigenvalue weighted by atomic mass is 10.1. The predicted octanol–water partition coefficient (Wildman–Crippen LogP) is 0.189. The first-order valence-electron chi connectivity index (χ1n) is 6.39. The van der Waals surface area contributed by atoms with Crippen LogP contribution in [0.3, 0.4) is 0 Å². The standard InChI is InChI=1S/C12H20N2O5S/c1-6(2)11-14(8(5-20-11)12(18)19)10(17)7(13)3-4-9(15)16/h6-8,11H,3-5,13H2,1-2H3,(H,15,16)(H,18,19). The zero-order chi connectivity index (χ0) is 15.4. The van der Waals surface area contributed by atoms with Gasteiger partial charge in [-0.3, -0.25) is 9.59 Å². The van der Waals surface area contributed by atoms with Gasteiger partial charge in [0.05, 0.1) is 11.4 Å². The van der Waals surface area contributed by atoms with Gasteiger partial charge in [0.1, 0.15) is 6.04 Å². The van der Waals surface area contributed by atoms with Crippen LogP contribution in [0.5, 0.6) is 0 Å². The smallest absolute Gasteiger partial charge is 0.327 e. The lowest BCUT2D eigenvalue weighted by Gasteiger charge is -2.31. The minimum absolute atomic E-state index is 0.00644. The molecule has 0 saturated carbocycles. The second-order valence-corrected chi connectivity index (χ2v) is 6.26. The summed E-state index contributed by atoms with van der Waals surface area (Å²) < 4.78 is 0. The zero-order valence-electron chi connectivity index (χ0n) is 11.5. The molecule has 1 heterocycles. The van der Waals surface area contributed by atoms with Gasteiger partial charge in [0.25, 0.3) is 0 Å². The number of amides is 1. The van der Waals surface area contributed by atoms with E-state index in [4.69, 9.17) is 10.8 Å². The summed E-state index contributed by atoms with van der Waals surface area (Å²) in [5, 5.41) is 17.6. The number of nitrogens with two attached hydrogens (primary N) is 1. The number of aliphatic carboxylic acids is 2. The molecule has 8 heteroatoms. The third kappa shape index (κ3) is 3.86. The number of hydrogen-bond donors (Lipinski definition) is 3. The number of thioether (sulfide) groups is 1. The van der Waals surface area contributed by atoms with E-state index in [2.05, 4.69) is 0 Å². The summed E-state index contributed by atoms with van der Waals surface area (Å²) in [5.74, 6) is -2.14. The highest BCUT2D eigenvalue weighted by molar-refractivity contribution is 8.00. The number of carboxylic acid groups (broad SMARTS) is 2. The summed E-state index contributed by atoms with van der Waals surface area (Å²) in [4.78, 5) is 35.4. The molecule has 0 aliphatic carbocycles. The molecule has 1 rings (SSSR count). The van der Waals surface area contributed by atoms with Crippen LogP contribution in [0.4, 0.5) is 0 Å². The van der Waals surface area contributed by atoms with Gasteiger partial charge >= 0.3 is 11.9 Å². The SMILES string of the molecule is CC(C)C1SCC(C(=O)O)N1C(=O)C(N)CCC(=O)O. The Kier molecular flexibility index (Phi) is 5.82. The Bertz CT molecular complexity index is 401. The third-order valence-corrected chi connectivity index (χ3v) is 4.75. The first kappa shape index (κ1) is 16.8. The zero-order valence-corrected chi connectivity index (χ0v) is 12.3. The second kappa shape index (κ2) is 6.94. The molecule has 0 aromatic heterocycles. The Hall–Kier alpha value is -1.28. The van der Waals surface area contributed by atoms with E-state index in [0.29, 0.717) is 5.75 Å². The van der Waals surface area contributed by atoms with Crippen LogP contribution in [0.2, 0.25) is 0 Å². The average Bonchev–Trinajstić information content (AvgIpc) is 2.79. The maximum atomic E-state index is 12.3. The summed E-state index contributed by atoms with van der Waals surface area (Å²) in [6.45, 7) is 3.82. The van der Waals surface area contributed by atoms with Crippen molar-refractivity contribution >= 4 is 29.6 Å². The largest absolute Gasteiger partial charge is 0.481 e. The molecule has 0 spiro atoms. The lowest BCUT2D eigenvalue weighted by Crippen LogP contribution is -2.53. The number of hydrogen-bond acceptors (Lipinski definition) is 5. The minimum Gasteiger partial charge on any atom is -0.481 e. The molecular weight excluding hydrogens is 284 g/mol. The molecule has 0 aromatic carbocycles. The van der Waals surface area contributed by atoms with Gasteiger partial charge in [-0.25, -0.2) is 4.79 Å². The Morgan fingerprint density at radius 3 is 2.40 bits per heavy atom. The van der Waals surface area contributed by atoms with Crippen molar-refractivity contribution in [1.29, 1.82) is 0 Å². The summed E-state index contributed by atoms with van der Waals surface area (Å²) in [7, 11) is 0. The van der Waals surface area contributed by atoms with Gasteiger partial charge in [0, 0.05) is 12.2 Å². The minimum atomic E-state index is -1.06. The van der Waals surface area contributed by atoms with Crippen LogP contribution < -0.4 is 5.73 Å². The van der Waals surface area contributed by atoms with E-state index in [1.165, 1.54) is 16.7 Å². The topological polar surface area (TPSA) is 121 Å². The molecule has 0 radical (unpaired) electrons. The van der Waals surface area contributed by atoms with Crippen molar-refractivity contribution in [3.05, 3.63) is 0 Å². The molecule has 4 N–H and O–H groups in total. The molecule has 1 aliphatic heterocycles. The Morgan fingerprint density at radius 2 is 1.95 bits per heavy atom. The summed E-state index contributed by atoms with van der Waals surface area (Å²) in [6.07, 6.45) is -0.204. The number of nitrogens with zero attached hydrogens (tertiary/aromatic N) is 1. The van der Waals surface area contributed by atoms with Crippen LogP contribution in [0.15, 0.2) is 0 Å². The van der Waals surface area contributed by atoms with Gasteiger partial charge in [-0.05, 0) is 12.3 Å². The molecule has 20 heavy (non-hydrogen) atoms. The summed E-state index contributed by atoms with van der Waals surface area (Å²) in [5.41, 5.74) is 5.71. The average molecular weight is 304 g/mol. The number of carboxylic acids is 2. The van der Waals surface area contributed by atoms with Gasteiger partial charge in [-0.15, -0.1) is 11.8 Å². The Morgan fingerprint density at radius 1 is 1.35 bits per heavy atom. The van der Waals surface area contributed by atoms with E-state index in [1.54, 1.807) is 0 Å². The highest BCUT2D eigenvalue weighted by Gasteiger charge is 2.44. The molecule has 1 amide bonds. The molecule has 7 nitrogen and oxygen atoms in total. The van der Waals surface area contributed by atoms with Gasteiger partial charge < -0.3 is 20.8 Å². The van der Waals surface area contributed by atoms with Crippen molar-refractivity contribution in [1.82, 2.24) is 4.90 Å². The number of carbonyl (C=O) groups excluding carboxylic acids is 1. The van der Waals surface area contributed by atoms with Crippen molar-refractivity contribution in [3.63, 3.8) is 0 Å². The van der Waals surface area contributed by atoms with Crippen molar-refractivity contribution in [2.75, 3.05) is 5.75 Å². The van der Waals surface area contributed by atoms with E-state index in [-0.39, 0.29) is 24.1 Å². The predicted molar refractivity (Wildman–Crippen MR) is 74.2 cm³/mol. The van der Waals surface area contributed by atoms with Crippen LogP contribution in [0.25, 0.3) is 0 Å². The van der Waals surface area contributed by atoms with Gasteiger partial charge in [0.15, 0.2) is 0 Å². The molecule has 0 aromatic rings. The Balaban J connectivity index is 2.83. The molecule has 114 valence electrons. The first-order chi connectivity index (χ1) is 9.25. The molecule has 1 saturated heterocycles. The third-order valence-electron chi connectivity index (χ3n) is 3.13. The van der Waals surface area contributed by atoms with Crippen LogP contribution in [-0.2, 0) is 14.4 Å². The quantitative estimate of drug-likeness (QED) is 0.640. The second-order valence-electron chi connectivity index (χ2n) is 5.11. The van der Waals surface area contributed by atoms with E-state index in [1.807, 2.05) is 13.8 Å². The molecule has 3 unspecified atom stereocenters. The van der Waals surface area contributed by atoms with Crippen LogP contribution in [0, 0.1) is 5.92 Å². The van der Waals surface area contributed by atoms with Crippen LogP contribution in [-0.4, -0.2) is 56.2 Å². The highest BCUT2D eigenvalue weighted by Crippen LogP contribution is 2.34. The highest BCUT2D eigenvalue weighted by atomic mass is 32.2. The van der Waals surface area contributed by atoms with Crippen molar-refractivity contribution < 1.29 is 24.6 Å². The monoisotopic (exact) mass is 304 g/mol. The lowest BCUT2D eigenvalue weighted by molar-refractivity contribution is -0.150. The fraction of sp³-hybridized carbons (Fsp3) is 0.750. The molecular formula is C12H20N2O5S. The summed E-state index contributed by atoms with van der Waals surface area (Å²) in [6, 6.07) is -1.87.